The zero-order chi connectivity index (χ0) is 12.1. The lowest BCUT2D eigenvalue weighted by Crippen LogP contribution is -2.42. The zero-order valence-corrected chi connectivity index (χ0v) is 10.2. The van der Waals surface area contributed by atoms with Crippen molar-refractivity contribution in [1.82, 2.24) is 4.90 Å². The number of furan rings is 1. The minimum atomic E-state index is 0.188. The number of carbonyl (C=O) groups is 1. The van der Waals surface area contributed by atoms with Crippen molar-refractivity contribution in [2.75, 3.05) is 13.2 Å². The smallest absolute Gasteiger partial charge is 0.222 e. The zero-order valence-electron chi connectivity index (χ0n) is 10.2. The first kappa shape index (κ1) is 12.2. The third-order valence-electron chi connectivity index (χ3n) is 3.16. The maximum atomic E-state index is 12.0. The lowest BCUT2D eigenvalue weighted by atomic mass is 10.1. The van der Waals surface area contributed by atoms with Gasteiger partial charge < -0.3 is 14.1 Å². The van der Waals surface area contributed by atoms with Gasteiger partial charge in [0.05, 0.1) is 12.8 Å². The first-order valence-corrected chi connectivity index (χ1v) is 6.21. The van der Waals surface area contributed by atoms with Crippen molar-refractivity contribution in [2.24, 2.45) is 0 Å². The molecule has 0 radical (unpaired) electrons. The first-order chi connectivity index (χ1) is 8.31. The van der Waals surface area contributed by atoms with Gasteiger partial charge in [-0.3, -0.25) is 4.79 Å². The second-order valence-electron chi connectivity index (χ2n) is 4.30. The molecule has 0 atom stereocenters. The van der Waals surface area contributed by atoms with Gasteiger partial charge in [0.1, 0.15) is 5.76 Å². The lowest BCUT2D eigenvalue weighted by Gasteiger charge is -2.33. The molecule has 1 saturated heterocycles. The molecule has 0 aliphatic carbocycles. The molecule has 0 N–H and O–H groups in total. The summed E-state index contributed by atoms with van der Waals surface area (Å²) in [6.45, 7) is 3.97. The second-order valence-corrected chi connectivity index (χ2v) is 4.30. The average Bonchev–Trinajstić information content (AvgIpc) is 2.89. The molecule has 17 heavy (non-hydrogen) atoms. The number of rotatable bonds is 4. The van der Waals surface area contributed by atoms with Gasteiger partial charge in [-0.2, -0.15) is 0 Å². The third kappa shape index (κ3) is 3.09. The molecule has 4 heteroatoms. The van der Waals surface area contributed by atoms with Gasteiger partial charge in [-0.25, -0.2) is 0 Å². The SMILES string of the molecule is CCC(=O)N(Cc1ccco1)C1CCOCC1. The topological polar surface area (TPSA) is 42.7 Å². The number of amides is 1. The van der Waals surface area contributed by atoms with E-state index in [1.165, 1.54) is 0 Å². The Morgan fingerprint density at radius 2 is 2.24 bits per heavy atom. The lowest BCUT2D eigenvalue weighted by molar-refractivity contribution is -0.136. The normalized spacial score (nSPS) is 17.0. The van der Waals surface area contributed by atoms with Gasteiger partial charge in [-0.1, -0.05) is 6.92 Å². The second kappa shape index (κ2) is 5.87. The summed E-state index contributed by atoms with van der Waals surface area (Å²) in [5.41, 5.74) is 0. The summed E-state index contributed by atoms with van der Waals surface area (Å²) in [6, 6.07) is 4.06. The summed E-state index contributed by atoms with van der Waals surface area (Å²) in [6.07, 6.45) is 4.03. The number of nitrogens with zero attached hydrogens (tertiary/aromatic N) is 1. The van der Waals surface area contributed by atoms with E-state index < -0.39 is 0 Å². The molecule has 0 saturated carbocycles. The highest BCUT2D eigenvalue weighted by molar-refractivity contribution is 5.76. The molecule has 1 aliphatic rings. The molecule has 1 aromatic rings. The number of ether oxygens (including phenoxy) is 1. The van der Waals surface area contributed by atoms with E-state index in [1.807, 2.05) is 24.0 Å². The fourth-order valence-corrected chi connectivity index (χ4v) is 2.19. The summed E-state index contributed by atoms with van der Waals surface area (Å²) in [7, 11) is 0. The Bertz CT molecular complexity index is 342. The monoisotopic (exact) mass is 237 g/mol. The number of hydrogen-bond donors (Lipinski definition) is 0. The van der Waals surface area contributed by atoms with E-state index in [2.05, 4.69) is 0 Å². The van der Waals surface area contributed by atoms with Crippen LogP contribution in [0.5, 0.6) is 0 Å². The number of carbonyl (C=O) groups excluding carboxylic acids is 1. The van der Waals surface area contributed by atoms with E-state index in [0.29, 0.717) is 19.0 Å². The maximum absolute atomic E-state index is 12.0. The summed E-state index contributed by atoms with van der Waals surface area (Å²) in [5.74, 6) is 1.03. The van der Waals surface area contributed by atoms with E-state index in [1.54, 1.807) is 6.26 Å². The summed E-state index contributed by atoms with van der Waals surface area (Å²) >= 11 is 0. The van der Waals surface area contributed by atoms with Crippen molar-refractivity contribution in [1.29, 1.82) is 0 Å². The van der Waals surface area contributed by atoms with E-state index in [-0.39, 0.29) is 5.91 Å². The molecule has 1 aromatic heterocycles. The summed E-state index contributed by atoms with van der Waals surface area (Å²) in [4.78, 5) is 13.9. The van der Waals surface area contributed by atoms with E-state index in [4.69, 9.17) is 9.15 Å². The van der Waals surface area contributed by atoms with Crippen molar-refractivity contribution >= 4 is 5.91 Å². The maximum Gasteiger partial charge on any atom is 0.222 e. The van der Waals surface area contributed by atoms with Crippen molar-refractivity contribution in [3.8, 4) is 0 Å². The van der Waals surface area contributed by atoms with Gasteiger partial charge >= 0.3 is 0 Å². The first-order valence-electron chi connectivity index (χ1n) is 6.21. The van der Waals surface area contributed by atoms with Crippen LogP contribution in [0.25, 0.3) is 0 Å². The van der Waals surface area contributed by atoms with Crippen LogP contribution in [-0.4, -0.2) is 30.1 Å². The summed E-state index contributed by atoms with van der Waals surface area (Å²) < 4.78 is 10.7. The van der Waals surface area contributed by atoms with Gasteiger partial charge in [-0.15, -0.1) is 0 Å². The molecule has 1 fully saturated rings. The fourth-order valence-electron chi connectivity index (χ4n) is 2.19. The Balaban J connectivity index is 2.04. The Labute approximate surface area is 102 Å². The Morgan fingerprint density at radius 3 is 2.82 bits per heavy atom. The molecule has 1 aliphatic heterocycles. The van der Waals surface area contributed by atoms with Crippen LogP contribution >= 0.6 is 0 Å². The Hall–Kier alpha value is -1.29. The van der Waals surface area contributed by atoms with Crippen LogP contribution in [0.1, 0.15) is 31.9 Å². The van der Waals surface area contributed by atoms with Crippen LogP contribution in [0.3, 0.4) is 0 Å². The Kier molecular flexibility index (Phi) is 4.20. The predicted molar refractivity (Wildman–Crippen MR) is 63.4 cm³/mol. The molecule has 2 rings (SSSR count). The van der Waals surface area contributed by atoms with Crippen molar-refractivity contribution in [3.05, 3.63) is 24.2 Å². The van der Waals surface area contributed by atoms with Crippen LogP contribution in [0.15, 0.2) is 22.8 Å². The molecule has 1 amide bonds. The molecule has 2 heterocycles. The highest BCUT2D eigenvalue weighted by atomic mass is 16.5. The molecule has 0 spiro atoms. The molecular weight excluding hydrogens is 218 g/mol. The van der Waals surface area contributed by atoms with Crippen molar-refractivity contribution in [2.45, 2.75) is 38.8 Å². The van der Waals surface area contributed by atoms with Gasteiger partial charge in [0.2, 0.25) is 5.91 Å². The minimum absolute atomic E-state index is 0.188. The molecule has 94 valence electrons. The Morgan fingerprint density at radius 1 is 1.47 bits per heavy atom. The molecule has 4 nitrogen and oxygen atoms in total. The fraction of sp³-hybridized carbons (Fsp3) is 0.615. The third-order valence-corrected chi connectivity index (χ3v) is 3.16. The predicted octanol–water partition coefficient (Wildman–Crippen LogP) is 2.20. The highest BCUT2D eigenvalue weighted by Crippen LogP contribution is 2.18. The van der Waals surface area contributed by atoms with Gasteiger partial charge in [-0.05, 0) is 25.0 Å². The van der Waals surface area contributed by atoms with E-state index in [0.717, 1.165) is 31.8 Å². The molecular formula is C13H19NO3. The highest BCUT2D eigenvalue weighted by Gasteiger charge is 2.25. The van der Waals surface area contributed by atoms with Gasteiger partial charge in [0.25, 0.3) is 0 Å². The standard InChI is InChI=1S/C13H19NO3/c1-2-13(15)14(10-12-4-3-7-17-12)11-5-8-16-9-6-11/h3-4,7,11H,2,5-6,8-10H2,1H3. The molecule has 0 bridgehead atoms. The van der Waals surface area contributed by atoms with E-state index >= 15 is 0 Å². The van der Waals surface area contributed by atoms with Crippen molar-refractivity contribution in [3.63, 3.8) is 0 Å². The number of hydrogen-bond acceptors (Lipinski definition) is 3. The van der Waals surface area contributed by atoms with Crippen LogP contribution in [0.4, 0.5) is 0 Å². The van der Waals surface area contributed by atoms with Gasteiger partial charge in [0.15, 0.2) is 0 Å². The largest absolute Gasteiger partial charge is 0.467 e. The molecule has 0 aromatic carbocycles. The van der Waals surface area contributed by atoms with E-state index in [9.17, 15) is 4.79 Å². The van der Waals surface area contributed by atoms with Crippen LogP contribution < -0.4 is 0 Å². The van der Waals surface area contributed by atoms with Crippen LogP contribution in [0, 0.1) is 0 Å². The van der Waals surface area contributed by atoms with Crippen molar-refractivity contribution < 1.29 is 13.9 Å². The minimum Gasteiger partial charge on any atom is -0.467 e. The van der Waals surface area contributed by atoms with Crippen LogP contribution in [-0.2, 0) is 16.1 Å². The van der Waals surface area contributed by atoms with Gasteiger partial charge in [0, 0.05) is 25.7 Å². The average molecular weight is 237 g/mol. The quantitative estimate of drug-likeness (QED) is 0.806. The van der Waals surface area contributed by atoms with Crippen LogP contribution in [0.2, 0.25) is 0 Å². The summed E-state index contributed by atoms with van der Waals surface area (Å²) in [5, 5.41) is 0. The molecule has 0 unspecified atom stereocenters.